The molecule has 80 valence electrons. The first-order valence-corrected chi connectivity index (χ1v) is 2.99. The van der Waals surface area contributed by atoms with E-state index in [4.69, 9.17) is 19.8 Å². The van der Waals surface area contributed by atoms with Crippen LogP contribution in [0.5, 0.6) is 0 Å². The molecule has 0 aromatic carbocycles. The van der Waals surface area contributed by atoms with Crippen LogP contribution in [0.25, 0.3) is 0 Å². The van der Waals surface area contributed by atoms with Gasteiger partial charge >= 0.3 is 23.9 Å². The molecule has 0 aromatic heterocycles. The predicted molar refractivity (Wildman–Crippen MR) is 39.3 cm³/mol. The molecule has 14 heavy (non-hydrogen) atoms. The summed E-state index contributed by atoms with van der Waals surface area (Å²) in [6.07, 6.45) is 0. The molecule has 0 saturated carbocycles. The van der Waals surface area contributed by atoms with Gasteiger partial charge in [-0.2, -0.15) is 0 Å². The van der Waals surface area contributed by atoms with Crippen LogP contribution in [0.4, 0.5) is 0 Å². The van der Waals surface area contributed by atoms with E-state index in [1.54, 1.807) is 0 Å². The number of carbonyl (C=O) groups is 4. The number of aliphatic carboxylic acids is 2. The van der Waals surface area contributed by atoms with E-state index in [-0.39, 0.29) is 0 Å². The molecule has 8 nitrogen and oxygen atoms in total. The van der Waals surface area contributed by atoms with Crippen LogP contribution in [-0.4, -0.2) is 48.3 Å². The van der Waals surface area contributed by atoms with E-state index in [0.717, 1.165) is 14.2 Å². The Morgan fingerprint density at radius 3 is 1.07 bits per heavy atom. The van der Waals surface area contributed by atoms with Crippen molar-refractivity contribution < 1.29 is 38.9 Å². The van der Waals surface area contributed by atoms with Gasteiger partial charge in [-0.05, 0) is 0 Å². The fourth-order valence-electron chi connectivity index (χ4n) is 0.167. The number of ether oxygens (including phenoxy) is 2. The molecule has 0 radical (unpaired) electrons. The molecule has 0 aliphatic heterocycles. The Balaban J connectivity index is 0. The zero-order chi connectivity index (χ0) is 11.7. The molecular weight excluding hydrogens is 200 g/mol. The molecule has 0 aromatic rings. The Bertz CT molecular complexity index is 216. The molecule has 0 bridgehead atoms. The van der Waals surface area contributed by atoms with E-state index in [2.05, 4.69) is 9.47 Å². The van der Waals surface area contributed by atoms with Crippen molar-refractivity contribution in [3.05, 3.63) is 0 Å². The van der Waals surface area contributed by atoms with Crippen molar-refractivity contribution in [2.75, 3.05) is 14.2 Å². The number of rotatable bonds is 0. The summed E-state index contributed by atoms with van der Waals surface area (Å²) in [5, 5.41) is 14.8. The first kappa shape index (κ1) is 14.4. The number of carboxylic acids is 2. The highest BCUT2D eigenvalue weighted by atomic mass is 16.6. The van der Waals surface area contributed by atoms with Crippen LogP contribution in [0.1, 0.15) is 0 Å². The third kappa shape index (κ3) is 7.98. The number of hydrogen-bond donors (Lipinski definition) is 2. The Morgan fingerprint density at radius 2 is 1.00 bits per heavy atom. The Morgan fingerprint density at radius 1 is 0.786 bits per heavy atom. The minimum absolute atomic E-state index is 0.979. The van der Waals surface area contributed by atoms with Gasteiger partial charge in [0, 0.05) is 0 Å². The SMILES string of the molecule is COC(=O)C(=O)OC.O=C(O)C(=O)O. The normalized spacial score (nSPS) is 7.57. The zero-order valence-electron chi connectivity index (χ0n) is 7.34. The van der Waals surface area contributed by atoms with E-state index < -0.39 is 23.9 Å². The minimum atomic E-state index is -1.82. The second-order valence-electron chi connectivity index (χ2n) is 1.59. The van der Waals surface area contributed by atoms with Crippen molar-refractivity contribution in [3.8, 4) is 0 Å². The summed E-state index contributed by atoms with van der Waals surface area (Å²) in [4.78, 5) is 38.3. The Hall–Kier alpha value is -2.12. The van der Waals surface area contributed by atoms with E-state index in [1.807, 2.05) is 0 Å². The second-order valence-corrected chi connectivity index (χ2v) is 1.59. The van der Waals surface area contributed by atoms with Gasteiger partial charge in [-0.25, -0.2) is 19.2 Å². The highest BCUT2D eigenvalue weighted by molar-refractivity contribution is 6.29. The van der Waals surface area contributed by atoms with E-state index >= 15 is 0 Å². The van der Waals surface area contributed by atoms with Crippen molar-refractivity contribution in [2.45, 2.75) is 0 Å². The number of methoxy groups -OCH3 is 2. The highest BCUT2D eigenvalue weighted by Crippen LogP contribution is 1.75. The van der Waals surface area contributed by atoms with Gasteiger partial charge in [0.05, 0.1) is 14.2 Å². The summed E-state index contributed by atoms with van der Waals surface area (Å²) >= 11 is 0. The number of carbonyl (C=O) groups excluding carboxylic acids is 2. The quantitative estimate of drug-likeness (QED) is 0.363. The first-order valence-electron chi connectivity index (χ1n) is 2.99. The minimum Gasteiger partial charge on any atom is -0.473 e. The maximum atomic E-state index is 10.0. The zero-order valence-corrected chi connectivity index (χ0v) is 7.34. The van der Waals surface area contributed by atoms with E-state index in [1.165, 1.54) is 0 Å². The maximum Gasteiger partial charge on any atom is 0.417 e. The van der Waals surface area contributed by atoms with Crippen molar-refractivity contribution in [1.82, 2.24) is 0 Å². The van der Waals surface area contributed by atoms with Crippen LogP contribution < -0.4 is 0 Å². The van der Waals surface area contributed by atoms with Gasteiger partial charge in [0.15, 0.2) is 0 Å². The summed E-state index contributed by atoms with van der Waals surface area (Å²) in [5.74, 6) is -5.61. The second kappa shape index (κ2) is 7.53. The van der Waals surface area contributed by atoms with Crippen molar-refractivity contribution in [2.24, 2.45) is 0 Å². The molecule has 0 heterocycles. The van der Waals surface area contributed by atoms with Gasteiger partial charge in [-0.3, -0.25) is 0 Å². The summed E-state index contributed by atoms with van der Waals surface area (Å²) in [6.45, 7) is 0. The van der Waals surface area contributed by atoms with Gasteiger partial charge in [0.25, 0.3) is 0 Å². The van der Waals surface area contributed by atoms with Crippen molar-refractivity contribution in [1.29, 1.82) is 0 Å². The molecule has 0 amide bonds. The van der Waals surface area contributed by atoms with Crippen molar-refractivity contribution in [3.63, 3.8) is 0 Å². The molecular formula is C6H8O8. The molecule has 0 aliphatic carbocycles. The Labute approximate surface area is 78.0 Å². The largest absolute Gasteiger partial charge is 0.473 e. The maximum absolute atomic E-state index is 10.0. The van der Waals surface area contributed by atoms with Crippen LogP contribution in [0.2, 0.25) is 0 Å². The van der Waals surface area contributed by atoms with Crippen molar-refractivity contribution >= 4 is 23.9 Å². The van der Waals surface area contributed by atoms with Crippen LogP contribution in [-0.2, 0) is 28.7 Å². The fourth-order valence-corrected chi connectivity index (χ4v) is 0.167. The third-order valence-electron chi connectivity index (χ3n) is 0.720. The van der Waals surface area contributed by atoms with Crippen LogP contribution in [0.15, 0.2) is 0 Å². The lowest BCUT2D eigenvalue weighted by Gasteiger charge is -1.92. The molecule has 0 fully saturated rings. The number of carboxylic acid groups (broad SMARTS) is 2. The van der Waals surface area contributed by atoms with Gasteiger partial charge in [-0.1, -0.05) is 0 Å². The van der Waals surface area contributed by atoms with Gasteiger partial charge in [0.1, 0.15) is 0 Å². The number of hydrogen-bond acceptors (Lipinski definition) is 6. The highest BCUT2D eigenvalue weighted by Gasteiger charge is 2.11. The van der Waals surface area contributed by atoms with E-state index in [0.29, 0.717) is 0 Å². The Kier molecular flexibility index (Phi) is 7.74. The predicted octanol–water partition coefficient (Wildman–Crippen LogP) is -1.51. The number of esters is 2. The molecule has 0 unspecified atom stereocenters. The summed E-state index contributed by atoms with van der Waals surface area (Å²) in [7, 11) is 2.22. The van der Waals surface area contributed by atoms with Crippen LogP contribution in [0, 0.1) is 0 Å². The smallest absolute Gasteiger partial charge is 0.417 e. The summed E-state index contributed by atoms with van der Waals surface area (Å²) in [6, 6.07) is 0. The topological polar surface area (TPSA) is 127 Å². The summed E-state index contributed by atoms with van der Waals surface area (Å²) < 4.78 is 7.98. The lowest BCUT2D eigenvalue weighted by Crippen LogP contribution is -2.16. The van der Waals surface area contributed by atoms with Gasteiger partial charge < -0.3 is 19.7 Å². The summed E-state index contributed by atoms with van der Waals surface area (Å²) in [5.41, 5.74) is 0. The third-order valence-corrected chi connectivity index (χ3v) is 0.720. The average Bonchev–Trinajstić information content (AvgIpc) is 2.16. The standard InChI is InChI=1S/C4H6O4.C2H2O4/c1-7-3(5)4(6)8-2;3-1(4)2(5)6/h1-2H3;(H,3,4)(H,5,6). The molecule has 0 saturated heterocycles. The molecule has 0 spiro atoms. The monoisotopic (exact) mass is 208 g/mol. The molecule has 0 rings (SSSR count). The molecule has 0 aliphatic rings. The van der Waals surface area contributed by atoms with Gasteiger partial charge in [0.2, 0.25) is 0 Å². The fraction of sp³-hybridized carbons (Fsp3) is 0.333. The first-order chi connectivity index (χ1) is 6.36. The lowest BCUT2D eigenvalue weighted by molar-refractivity contribution is -0.164. The van der Waals surface area contributed by atoms with Crippen LogP contribution in [0.3, 0.4) is 0 Å². The molecule has 8 heteroatoms. The van der Waals surface area contributed by atoms with E-state index in [9.17, 15) is 9.59 Å². The average molecular weight is 208 g/mol. The van der Waals surface area contributed by atoms with Gasteiger partial charge in [-0.15, -0.1) is 0 Å². The molecule has 0 atom stereocenters. The van der Waals surface area contributed by atoms with Crippen LogP contribution >= 0.6 is 0 Å². The lowest BCUT2D eigenvalue weighted by atomic mass is 10.7. The molecule has 2 N–H and O–H groups in total.